The highest BCUT2D eigenvalue weighted by molar-refractivity contribution is 9.10. The maximum atomic E-state index is 11.7. The van der Waals surface area contributed by atoms with E-state index in [-0.39, 0.29) is 12.5 Å². The average molecular weight is 407 g/mol. The molecule has 6 nitrogen and oxygen atoms in total. The number of carbonyl (C=O) groups is 1. The number of hydrogen-bond acceptors (Lipinski definition) is 5. The summed E-state index contributed by atoms with van der Waals surface area (Å²) in [7, 11) is 1.57. The second-order valence-electron chi connectivity index (χ2n) is 4.86. The Balaban J connectivity index is 1.93. The molecule has 25 heavy (non-hydrogen) atoms. The predicted octanol–water partition coefficient (Wildman–Crippen LogP) is 3.39. The lowest BCUT2D eigenvalue weighted by atomic mass is 10.2. The van der Waals surface area contributed by atoms with Gasteiger partial charge in [0.2, 0.25) is 0 Å². The number of nitrogens with one attached hydrogen (secondary N) is 1. The highest BCUT2D eigenvalue weighted by Gasteiger charge is 2.10. The maximum Gasteiger partial charge on any atom is 0.277 e. The number of ether oxygens (including phenoxy) is 3. The first-order valence-electron chi connectivity index (χ1n) is 7.64. The first kappa shape index (κ1) is 18.8. The molecule has 0 aromatic heterocycles. The van der Waals surface area contributed by atoms with Crippen molar-refractivity contribution in [2.24, 2.45) is 5.10 Å². The summed E-state index contributed by atoms with van der Waals surface area (Å²) in [6.45, 7) is 2.29. The highest BCUT2D eigenvalue weighted by atomic mass is 79.9. The van der Waals surface area contributed by atoms with E-state index in [1.165, 1.54) is 6.21 Å². The second kappa shape index (κ2) is 9.68. The smallest absolute Gasteiger partial charge is 0.277 e. The minimum absolute atomic E-state index is 0.113. The molecule has 0 saturated carbocycles. The van der Waals surface area contributed by atoms with Gasteiger partial charge in [-0.25, -0.2) is 5.43 Å². The molecule has 0 fully saturated rings. The minimum Gasteiger partial charge on any atom is -0.492 e. The Morgan fingerprint density at radius 1 is 1.24 bits per heavy atom. The number of rotatable bonds is 8. The monoisotopic (exact) mass is 406 g/mol. The van der Waals surface area contributed by atoms with Crippen molar-refractivity contribution in [3.05, 3.63) is 52.5 Å². The van der Waals surface area contributed by atoms with E-state index in [4.69, 9.17) is 14.2 Å². The quantitative estimate of drug-likeness (QED) is 0.538. The standard InChI is InChI=1S/C18H19BrN2O4/c1-3-24-16-10-13(9-15(19)18(16)23-2)11-20-21-17(22)12-25-14-7-5-4-6-8-14/h4-11H,3,12H2,1-2H3,(H,21,22)/b20-11-. The largest absolute Gasteiger partial charge is 0.492 e. The summed E-state index contributed by atoms with van der Waals surface area (Å²) in [5, 5.41) is 3.93. The summed E-state index contributed by atoms with van der Waals surface area (Å²) >= 11 is 3.43. The molecule has 2 aromatic rings. The molecule has 132 valence electrons. The van der Waals surface area contributed by atoms with Gasteiger partial charge in [-0.15, -0.1) is 0 Å². The van der Waals surface area contributed by atoms with Crippen LogP contribution in [0.15, 0.2) is 52.0 Å². The third-order valence-electron chi connectivity index (χ3n) is 3.05. The summed E-state index contributed by atoms with van der Waals surface area (Å²) in [5.74, 6) is 1.48. The Bertz CT molecular complexity index is 735. The van der Waals surface area contributed by atoms with Gasteiger partial charge in [0.1, 0.15) is 5.75 Å². The SMILES string of the molecule is CCOc1cc(/C=N\NC(=O)COc2ccccc2)cc(Br)c1OC. The lowest BCUT2D eigenvalue weighted by Gasteiger charge is -2.11. The normalized spacial score (nSPS) is 10.5. The van der Waals surface area contributed by atoms with Gasteiger partial charge in [0.25, 0.3) is 5.91 Å². The van der Waals surface area contributed by atoms with Crippen LogP contribution in [-0.2, 0) is 4.79 Å². The van der Waals surface area contributed by atoms with Crippen LogP contribution in [0.2, 0.25) is 0 Å². The van der Waals surface area contributed by atoms with Crippen LogP contribution < -0.4 is 19.6 Å². The third-order valence-corrected chi connectivity index (χ3v) is 3.64. The number of benzene rings is 2. The van der Waals surface area contributed by atoms with Gasteiger partial charge in [-0.1, -0.05) is 18.2 Å². The fourth-order valence-electron chi connectivity index (χ4n) is 2.00. The Morgan fingerprint density at radius 3 is 2.68 bits per heavy atom. The molecule has 0 atom stereocenters. The number of carbonyl (C=O) groups excluding carboxylic acids is 1. The molecule has 1 amide bonds. The van der Waals surface area contributed by atoms with Gasteiger partial charge < -0.3 is 14.2 Å². The second-order valence-corrected chi connectivity index (χ2v) is 5.72. The van der Waals surface area contributed by atoms with Crippen molar-refractivity contribution in [1.82, 2.24) is 5.43 Å². The van der Waals surface area contributed by atoms with Gasteiger partial charge in [0.05, 0.1) is 24.4 Å². The maximum absolute atomic E-state index is 11.7. The summed E-state index contributed by atoms with van der Waals surface area (Å²) in [5.41, 5.74) is 3.17. The van der Waals surface area contributed by atoms with Crippen LogP contribution in [0.5, 0.6) is 17.2 Å². The zero-order chi connectivity index (χ0) is 18.1. The van der Waals surface area contributed by atoms with E-state index >= 15 is 0 Å². The van der Waals surface area contributed by atoms with Crippen LogP contribution in [0.3, 0.4) is 0 Å². The summed E-state index contributed by atoms with van der Waals surface area (Å²) in [4.78, 5) is 11.7. The van der Waals surface area contributed by atoms with Crippen molar-refractivity contribution in [2.75, 3.05) is 20.3 Å². The topological polar surface area (TPSA) is 69.2 Å². The van der Waals surface area contributed by atoms with Gasteiger partial charge in [-0.2, -0.15) is 5.10 Å². The minimum atomic E-state index is -0.349. The molecule has 7 heteroatoms. The van der Waals surface area contributed by atoms with Crippen molar-refractivity contribution in [3.63, 3.8) is 0 Å². The Morgan fingerprint density at radius 2 is 2.00 bits per heavy atom. The van der Waals surface area contributed by atoms with Gasteiger partial charge >= 0.3 is 0 Å². The molecule has 0 aliphatic rings. The van der Waals surface area contributed by atoms with E-state index in [2.05, 4.69) is 26.5 Å². The van der Waals surface area contributed by atoms with Gasteiger partial charge in [0.15, 0.2) is 18.1 Å². The number of halogens is 1. The number of nitrogens with zero attached hydrogens (tertiary/aromatic N) is 1. The molecule has 0 radical (unpaired) electrons. The van der Waals surface area contributed by atoms with E-state index in [0.29, 0.717) is 23.9 Å². The molecule has 0 aliphatic heterocycles. The fraction of sp³-hybridized carbons (Fsp3) is 0.222. The number of hydrogen-bond donors (Lipinski definition) is 1. The van der Waals surface area contributed by atoms with Crippen molar-refractivity contribution < 1.29 is 19.0 Å². The number of amides is 1. The van der Waals surface area contributed by atoms with Gasteiger partial charge in [-0.3, -0.25) is 4.79 Å². The molecule has 2 aromatic carbocycles. The predicted molar refractivity (Wildman–Crippen MR) is 99.5 cm³/mol. The summed E-state index contributed by atoms with van der Waals surface area (Å²) in [6.07, 6.45) is 1.52. The van der Waals surface area contributed by atoms with Crippen molar-refractivity contribution in [1.29, 1.82) is 0 Å². The zero-order valence-electron chi connectivity index (χ0n) is 14.0. The van der Waals surface area contributed by atoms with Crippen LogP contribution in [0.25, 0.3) is 0 Å². The Hall–Kier alpha value is -2.54. The Kier molecular flexibility index (Phi) is 7.28. The molecular weight excluding hydrogens is 388 g/mol. The van der Waals surface area contributed by atoms with Crippen LogP contribution in [0.4, 0.5) is 0 Å². The Labute approximate surface area is 154 Å². The summed E-state index contributed by atoms with van der Waals surface area (Å²) < 4.78 is 16.9. The van der Waals surface area contributed by atoms with E-state index in [9.17, 15) is 4.79 Å². The van der Waals surface area contributed by atoms with Gasteiger partial charge in [0, 0.05) is 0 Å². The first-order valence-corrected chi connectivity index (χ1v) is 8.43. The highest BCUT2D eigenvalue weighted by Crippen LogP contribution is 2.36. The molecule has 1 N–H and O–H groups in total. The average Bonchev–Trinajstić information content (AvgIpc) is 2.61. The first-order chi connectivity index (χ1) is 12.1. The molecular formula is C18H19BrN2O4. The molecule has 0 aliphatic carbocycles. The fourth-order valence-corrected chi connectivity index (χ4v) is 2.62. The van der Waals surface area contributed by atoms with E-state index in [0.717, 1.165) is 10.0 Å². The zero-order valence-corrected chi connectivity index (χ0v) is 15.6. The van der Waals surface area contributed by atoms with E-state index in [1.807, 2.05) is 31.2 Å². The molecule has 0 heterocycles. The van der Waals surface area contributed by atoms with Crippen LogP contribution in [-0.4, -0.2) is 32.4 Å². The van der Waals surface area contributed by atoms with Crippen molar-refractivity contribution in [2.45, 2.75) is 6.92 Å². The van der Waals surface area contributed by atoms with Crippen molar-refractivity contribution in [3.8, 4) is 17.2 Å². The van der Waals surface area contributed by atoms with Crippen LogP contribution >= 0.6 is 15.9 Å². The third kappa shape index (κ3) is 5.79. The lowest BCUT2D eigenvalue weighted by Crippen LogP contribution is -2.24. The van der Waals surface area contributed by atoms with E-state index in [1.54, 1.807) is 25.3 Å². The van der Waals surface area contributed by atoms with E-state index < -0.39 is 0 Å². The molecule has 0 unspecified atom stereocenters. The molecule has 0 spiro atoms. The van der Waals surface area contributed by atoms with Gasteiger partial charge in [-0.05, 0) is 52.7 Å². The molecule has 0 saturated heterocycles. The number of para-hydroxylation sites is 1. The van der Waals surface area contributed by atoms with Crippen molar-refractivity contribution >= 4 is 28.1 Å². The van der Waals surface area contributed by atoms with Crippen LogP contribution in [0, 0.1) is 0 Å². The summed E-state index contributed by atoms with van der Waals surface area (Å²) in [6, 6.07) is 12.7. The number of methoxy groups -OCH3 is 1. The molecule has 2 rings (SSSR count). The number of hydrazone groups is 1. The van der Waals surface area contributed by atoms with Crippen LogP contribution in [0.1, 0.15) is 12.5 Å². The molecule has 0 bridgehead atoms. The lowest BCUT2D eigenvalue weighted by molar-refractivity contribution is -0.123.